The van der Waals surface area contributed by atoms with Crippen molar-refractivity contribution in [2.24, 2.45) is 11.8 Å². The van der Waals surface area contributed by atoms with Crippen molar-refractivity contribution < 1.29 is 8.76 Å². The van der Waals surface area contributed by atoms with E-state index in [1.165, 1.54) is 0 Å². The Hall–Kier alpha value is 0.200. The fourth-order valence-electron chi connectivity index (χ4n) is 1.71. The van der Waals surface area contributed by atoms with Gasteiger partial charge < -0.3 is 4.55 Å². The average molecular weight is 220 g/mol. The van der Waals surface area contributed by atoms with Gasteiger partial charge in [-0.15, -0.1) is 0 Å². The highest BCUT2D eigenvalue weighted by molar-refractivity contribution is 8.08. The van der Waals surface area contributed by atoms with Gasteiger partial charge in [-0.25, -0.2) is 0 Å². The van der Waals surface area contributed by atoms with Crippen LogP contribution in [0, 0.1) is 11.8 Å². The largest absolute Gasteiger partial charge is 0.329 e. The van der Waals surface area contributed by atoms with Gasteiger partial charge in [0.2, 0.25) is 0 Å². The molecule has 0 amide bonds. The van der Waals surface area contributed by atoms with Gasteiger partial charge in [-0.1, -0.05) is 26.0 Å². The van der Waals surface area contributed by atoms with Crippen LogP contribution in [0.25, 0.3) is 0 Å². The lowest BCUT2D eigenvalue weighted by Crippen LogP contribution is -2.14. The second-order valence-corrected chi connectivity index (χ2v) is 6.24. The SMILES string of the molecule is C/C=C/[C@H]1[C@H](C)[C@@H](C)[C@@H](SO)S1=O. The van der Waals surface area contributed by atoms with Crippen molar-refractivity contribution in [2.45, 2.75) is 30.6 Å². The van der Waals surface area contributed by atoms with E-state index in [0.29, 0.717) is 11.8 Å². The summed E-state index contributed by atoms with van der Waals surface area (Å²) in [6.45, 7) is 6.09. The van der Waals surface area contributed by atoms with Gasteiger partial charge in [0.25, 0.3) is 0 Å². The van der Waals surface area contributed by atoms with Gasteiger partial charge in [-0.05, 0) is 18.8 Å². The first kappa shape index (κ1) is 11.3. The molecular formula is C9H16O2S2. The van der Waals surface area contributed by atoms with Gasteiger partial charge in [0.1, 0.15) is 4.58 Å². The van der Waals surface area contributed by atoms with Crippen LogP contribution in [0.5, 0.6) is 0 Å². The van der Waals surface area contributed by atoms with Gasteiger partial charge in [0.15, 0.2) is 0 Å². The Morgan fingerprint density at radius 3 is 2.38 bits per heavy atom. The lowest BCUT2D eigenvalue weighted by atomic mass is 9.94. The molecule has 0 radical (unpaired) electrons. The molecule has 0 aromatic carbocycles. The van der Waals surface area contributed by atoms with Crippen molar-refractivity contribution in [1.82, 2.24) is 0 Å². The third-order valence-corrected chi connectivity index (χ3v) is 6.23. The predicted molar refractivity (Wildman–Crippen MR) is 59.1 cm³/mol. The minimum absolute atomic E-state index is 0.115. The molecule has 5 atom stereocenters. The van der Waals surface area contributed by atoms with E-state index in [1.807, 2.05) is 19.1 Å². The molecule has 1 N–H and O–H groups in total. The Bertz CT molecular complexity index is 228. The molecule has 0 aliphatic carbocycles. The summed E-state index contributed by atoms with van der Waals surface area (Å²) < 4.78 is 20.7. The first-order valence-corrected chi connectivity index (χ1v) is 6.57. The molecule has 1 fully saturated rings. The van der Waals surface area contributed by atoms with E-state index in [-0.39, 0.29) is 9.83 Å². The zero-order chi connectivity index (χ0) is 10.0. The van der Waals surface area contributed by atoms with Crippen LogP contribution in [0.2, 0.25) is 0 Å². The Labute approximate surface area is 86.5 Å². The average Bonchev–Trinajstić information content (AvgIpc) is 2.31. The summed E-state index contributed by atoms with van der Waals surface area (Å²) in [6, 6.07) is 0. The van der Waals surface area contributed by atoms with Crippen LogP contribution in [-0.4, -0.2) is 18.6 Å². The van der Waals surface area contributed by atoms with E-state index in [9.17, 15) is 4.21 Å². The van der Waals surface area contributed by atoms with Gasteiger partial charge in [-0.3, -0.25) is 4.21 Å². The van der Waals surface area contributed by atoms with E-state index in [0.717, 1.165) is 12.0 Å². The molecule has 0 aromatic heterocycles. The minimum Gasteiger partial charge on any atom is -0.329 e. The third-order valence-electron chi connectivity index (χ3n) is 2.76. The lowest BCUT2D eigenvalue weighted by molar-refractivity contribution is 0.447. The van der Waals surface area contributed by atoms with Crippen molar-refractivity contribution in [3.05, 3.63) is 12.2 Å². The molecule has 13 heavy (non-hydrogen) atoms. The molecule has 2 nitrogen and oxygen atoms in total. The Balaban J connectivity index is 2.84. The van der Waals surface area contributed by atoms with E-state index in [1.54, 1.807) is 0 Å². The molecule has 1 unspecified atom stereocenters. The summed E-state index contributed by atoms with van der Waals surface area (Å²) in [6.07, 6.45) is 3.93. The van der Waals surface area contributed by atoms with Gasteiger partial charge in [-0.2, -0.15) is 0 Å². The molecule has 1 aliphatic heterocycles. The molecule has 1 heterocycles. The van der Waals surface area contributed by atoms with Crippen molar-refractivity contribution in [1.29, 1.82) is 0 Å². The van der Waals surface area contributed by atoms with E-state index < -0.39 is 10.8 Å². The van der Waals surface area contributed by atoms with Gasteiger partial charge in [0.05, 0.1) is 5.25 Å². The zero-order valence-electron chi connectivity index (χ0n) is 8.14. The van der Waals surface area contributed by atoms with Crippen LogP contribution in [0.15, 0.2) is 12.2 Å². The van der Waals surface area contributed by atoms with E-state index in [4.69, 9.17) is 4.55 Å². The molecule has 4 heteroatoms. The van der Waals surface area contributed by atoms with Crippen LogP contribution < -0.4 is 0 Å². The highest BCUT2D eigenvalue weighted by atomic mass is 32.2. The van der Waals surface area contributed by atoms with Crippen molar-refractivity contribution in [2.75, 3.05) is 0 Å². The predicted octanol–water partition coefficient (Wildman–Crippen LogP) is 2.50. The third kappa shape index (κ3) is 2.00. The smallest absolute Gasteiger partial charge is 0.109 e. The molecule has 1 saturated heterocycles. The Kier molecular flexibility index (Phi) is 4.01. The van der Waals surface area contributed by atoms with Gasteiger partial charge in [0, 0.05) is 22.8 Å². The maximum absolute atomic E-state index is 11.8. The summed E-state index contributed by atoms with van der Waals surface area (Å²) in [5, 5.41) is 0.115. The highest BCUT2D eigenvalue weighted by Gasteiger charge is 2.43. The second kappa shape index (κ2) is 4.62. The summed E-state index contributed by atoms with van der Waals surface area (Å²) in [7, 11) is -0.932. The summed E-state index contributed by atoms with van der Waals surface area (Å²) >= 11 is 0.748. The number of allylic oxidation sites excluding steroid dienone is 1. The maximum atomic E-state index is 11.8. The van der Waals surface area contributed by atoms with E-state index in [2.05, 4.69) is 13.8 Å². The van der Waals surface area contributed by atoms with Crippen molar-refractivity contribution in [3.63, 3.8) is 0 Å². The van der Waals surface area contributed by atoms with E-state index >= 15 is 0 Å². The highest BCUT2D eigenvalue weighted by Crippen LogP contribution is 2.40. The second-order valence-electron chi connectivity index (χ2n) is 3.51. The molecule has 76 valence electrons. The molecule has 0 saturated carbocycles. The fourth-order valence-corrected chi connectivity index (χ4v) is 4.83. The van der Waals surface area contributed by atoms with Crippen LogP contribution in [0.4, 0.5) is 0 Å². The van der Waals surface area contributed by atoms with Crippen LogP contribution in [0.1, 0.15) is 20.8 Å². The number of hydrogen-bond donors (Lipinski definition) is 1. The summed E-state index contributed by atoms with van der Waals surface area (Å²) in [5.74, 6) is 0.707. The molecule has 1 aliphatic rings. The van der Waals surface area contributed by atoms with Crippen LogP contribution >= 0.6 is 12.0 Å². The Morgan fingerprint density at radius 2 is 2.00 bits per heavy atom. The first-order valence-electron chi connectivity index (χ1n) is 4.46. The standard InChI is InChI=1S/C9H16O2S2/c1-4-5-8-6(2)7(3)9(12-10)13(8)11/h4-10H,1-3H3/b5-4+/t6-,7-,8+,9+,13?/m1/s1. The monoisotopic (exact) mass is 220 g/mol. The summed E-state index contributed by atoms with van der Waals surface area (Å²) in [5.41, 5.74) is 0. The molecule has 0 aromatic rings. The lowest BCUT2D eigenvalue weighted by Gasteiger charge is -2.12. The van der Waals surface area contributed by atoms with Crippen molar-refractivity contribution >= 4 is 22.8 Å². The topological polar surface area (TPSA) is 37.3 Å². The first-order chi connectivity index (χ1) is 6.13. The molecule has 1 rings (SSSR count). The molecule has 0 spiro atoms. The minimum atomic E-state index is -0.932. The van der Waals surface area contributed by atoms with Crippen molar-refractivity contribution in [3.8, 4) is 0 Å². The van der Waals surface area contributed by atoms with Crippen LogP contribution in [0.3, 0.4) is 0 Å². The molecular weight excluding hydrogens is 204 g/mol. The zero-order valence-corrected chi connectivity index (χ0v) is 9.77. The Morgan fingerprint density at radius 1 is 1.38 bits per heavy atom. The summed E-state index contributed by atoms with van der Waals surface area (Å²) in [4.78, 5) is 0. The maximum Gasteiger partial charge on any atom is 0.109 e. The van der Waals surface area contributed by atoms with Gasteiger partial charge >= 0.3 is 0 Å². The quantitative estimate of drug-likeness (QED) is 0.574. The number of rotatable bonds is 2. The fraction of sp³-hybridized carbons (Fsp3) is 0.778. The normalized spacial score (nSPS) is 46.0. The van der Waals surface area contributed by atoms with Crippen LogP contribution in [-0.2, 0) is 10.8 Å². The molecule has 0 bridgehead atoms. The number of hydrogen-bond acceptors (Lipinski definition) is 3.